The van der Waals surface area contributed by atoms with E-state index in [1.807, 2.05) is 23.6 Å². The molecule has 1 aliphatic heterocycles. The second kappa shape index (κ2) is 9.37. The first-order valence-electron chi connectivity index (χ1n) is 10.1. The van der Waals surface area contributed by atoms with Gasteiger partial charge in [0.1, 0.15) is 0 Å². The first-order valence-corrected chi connectivity index (χ1v) is 10.9. The molecule has 0 fully saturated rings. The molecule has 166 valence electrons. The number of rotatable bonds is 7. The minimum Gasteiger partial charge on any atom is -0.493 e. The van der Waals surface area contributed by atoms with Gasteiger partial charge in [-0.05, 0) is 53.3 Å². The normalized spacial score (nSPS) is 15.6. The minimum atomic E-state index is -0.467. The Bertz CT molecular complexity index is 1120. The van der Waals surface area contributed by atoms with Gasteiger partial charge in [0, 0.05) is 29.2 Å². The van der Waals surface area contributed by atoms with Crippen molar-refractivity contribution in [3.05, 3.63) is 80.0 Å². The summed E-state index contributed by atoms with van der Waals surface area (Å²) < 4.78 is 11.0. The summed E-state index contributed by atoms with van der Waals surface area (Å²) in [5, 5.41) is 15.7. The van der Waals surface area contributed by atoms with Crippen molar-refractivity contribution < 1.29 is 19.2 Å². The number of nitrogens with zero attached hydrogens (tertiary/aromatic N) is 2. The minimum absolute atomic E-state index is 0.0160. The Kier molecular flexibility index (Phi) is 6.38. The summed E-state index contributed by atoms with van der Waals surface area (Å²) in [6.45, 7) is 0.895. The Morgan fingerprint density at radius 1 is 1.19 bits per heavy atom. The van der Waals surface area contributed by atoms with Crippen LogP contribution >= 0.6 is 11.3 Å². The predicted octanol–water partition coefficient (Wildman–Crippen LogP) is 4.26. The summed E-state index contributed by atoms with van der Waals surface area (Å²) in [4.78, 5) is 26.5. The van der Waals surface area contributed by atoms with Gasteiger partial charge < -0.3 is 14.8 Å². The third kappa shape index (κ3) is 4.44. The van der Waals surface area contributed by atoms with Gasteiger partial charge in [-0.1, -0.05) is 6.07 Å². The summed E-state index contributed by atoms with van der Waals surface area (Å²) in [5.74, 6) is 1.18. The van der Waals surface area contributed by atoms with Gasteiger partial charge >= 0.3 is 0 Å². The molecule has 32 heavy (non-hydrogen) atoms. The molecule has 2 aromatic carbocycles. The van der Waals surface area contributed by atoms with Crippen LogP contribution in [0.3, 0.4) is 0 Å². The molecule has 8 nitrogen and oxygen atoms in total. The number of hydrogen-bond donors (Lipinski definition) is 1. The van der Waals surface area contributed by atoms with E-state index in [9.17, 15) is 14.9 Å². The number of methoxy groups -OCH3 is 2. The summed E-state index contributed by atoms with van der Waals surface area (Å²) >= 11 is 1.65. The Morgan fingerprint density at radius 3 is 2.53 bits per heavy atom. The Balaban J connectivity index is 1.58. The summed E-state index contributed by atoms with van der Waals surface area (Å²) in [5.41, 5.74) is 2.78. The largest absolute Gasteiger partial charge is 0.493 e. The maximum atomic E-state index is 12.8. The first kappa shape index (κ1) is 21.8. The molecule has 1 amide bonds. The van der Waals surface area contributed by atoms with Crippen molar-refractivity contribution in [2.75, 3.05) is 32.6 Å². The van der Waals surface area contributed by atoms with Gasteiger partial charge in [-0.2, -0.15) is 0 Å². The molecular formula is C23H23N3O5S. The number of thiophene rings is 1. The van der Waals surface area contributed by atoms with Crippen LogP contribution in [-0.4, -0.2) is 43.0 Å². The van der Waals surface area contributed by atoms with E-state index < -0.39 is 4.92 Å². The number of anilines is 1. The van der Waals surface area contributed by atoms with Gasteiger partial charge in [0.05, 0.1) is 31.7 Å². The lowest BCUT2D eigenvalue weighted by Gasteiger charge is -2.37. The van der Waals surface area contributed by atoms with Crippen molar-refractivity contribution in [1.29, 1.82) is 0 Å². The van der Waals surface area contributed by atoms with Crippen LogP contribution in [0.2, 0.25) is 0 Å². The molecule has 4 rings (SSSR count). The second-order valence-electron chi connectivity index (χ2n) is 7.40. The quantitative estimate of drug-likeness (QED) is 0.424. The maximum Gasteiger partial charge on any atom is 0.269 e. The van der Waals surface area contributed by atoms with E-state index in [0.29, 0.717) is 23.7 Å². The van der Waals surface area contributed by atoms with Gasteiger partial charge in [0.15, 0.2) is 11.5 Å². The molecule has 1 atom stereocenters. The number of fused-ring (bicyclic) bond motifs is 1. The van der Waals surface area contributed by atoms with Crippen LogP contribution in [0.15, 0.2) is 53.9 Å². The number of nitro groups is 1. The van der Waals surface area contributed by atoms with Gasteiger partial charge in [-0.3, -0.25) is 19.8 Å². The average molecular weight is 454 g/mol. The zero-order valence-electron chi connectivity index (χ0n) is 17.7. The molecule has 0 spiro atoms. The highest BCUT2D eigenvalue weighted by molar-refractivity contribution is 7.10. The molecule has 3 aromatic rings. The molecule has 1 aliphatic rings. The number of non-ortho nitro benzene ring substituents is 1. The van der Waals surface area contributed by atoms with Crippen molar-refractivity contribution >= 4 is 28.6 Å². The fourth-order valence-electron chi connectivity index (χ4n) is 4.00. The second-order valence-corrected chi connectivity index (χ2v) is 8.38. The molecule has 1 aromatic heterocycles. The first-order chi connectivity index (χ1) is 15.5. The topological polar surface area (TPSA) is 93.9 Å². The van der Waals surface area contributed by atoms with Crippen molar-refractivity contribution in [3.63, 3.8) is 0 Å². The summed E-state index contributed by atoms with van der Waals surface area (Å²) in [6.07, 6.45) is 0.780. The zero-order chi connectivity index (χ0) is 22.7. The summed E-state index contributed by atoms with van der Waals surface area (Å²) in [7, 11) is 3.24. The van der Waals surface area contributed by atoms with Gasteiger partial charge in [-0.15, -0.1) is 11.3 Å². The van der Waals surface area contributed by atoms with Crippen molar-refractivity contribution in [2.24, 2.45) is 0 Å². The number of hydrogen-bond acceptors (Lipinski definition) is 7. The zero-order valence-corrected chi connectivity index (χ0v) is 18.6. The SMILES string of the molecule is COc1cc2c(cc1OC)C(c1cccs1)N(CC(=O)Nc1ccc([N+](=O)[O-])cc1)CC2. The average Bonchev–Trinajstić information content (AvgIpc) is 3.32. The van der Waals surface area contributed by atoms with Crippen LogP contribution < -0.4 is 14.8 Å². The number of benzene rings is 2. The van der Waals surface area contributed by atoms with Crippen LogP contribution in [0.4, 0.5) is 11.4 Å². The smallest absolute Gasteiger partial charge is 0.269 e. The molecule has 0 bridgehead atoms. The van der Waals surface area contributed by atoms with Crippen LogP contribution in [0, 0.1) is 10.1 Å². The number of ether oxygens (including phenoxy) is 2. The lowest BCUT2D eigenvalue weighted by atomic mass is 9.91. The highest BCUT2D eigenvalue weighted by Gasteiger charge is 2.32. The highest BCUT2D eigenvalue weighted by atomic mass is 32.1. The van der Waals surface area contributed by atoms with E-state index in [-0.39, 0.29) is 24.2 Å². The van der Waals surface area contributed by atoms with Crippen LogP contribution in [-0.2, 0) is 11.2 Å². The van der Waals surface area contributed by atoms with Gasteiger partial charge in [-0.25, -0.2) is 0 Å². The van der Waals surface area contributed by atoms with Crippen LogP contribution in [0.25, 0.3) is 0 Å². The molecule has 1 unspecified atom stereocenters. The fraction of sp³-hybridized carbons (Fsp3) is 0.261. The predicted molar refractivity (Wildman–Crippen MR) is 123 cm³/mol. The Hall–Kier alpha value is -3.43. The van der Waals surface area contributed by atoms with E-state index >= 15 is 0 Å². The van der Waals surface area contributed by atoms with E-state index in [4.69, 9.17) is 9.47 Å². The van der Waals surface area contributed by atoms with Gasteiger partial charge in [0.2, 0.25) is 5.91 Å². The van der Waals surface area contributed by atoms with E-state index in [0.717, 1.165) is 16.9 Å². The lowest BCUT2D eigenvalue weighted by Crippen LogP contribution is -2.40. The van der Waals surface area contributed by atoms with E-state index in [2.05, 4.69) is 16.3 Å². The van der Waals surface area contributed by atoms with E-state index in [1.54, 1.807) is 25.6 Å². The summed E-state index contributed by atoms with van der Waals surface area (Å²) in [6, 6.07) is 13.8. The molecular weight excluding hydrogens is 430 g/mol. The monoisotopic (exact) mass is 453 g/mol. The molecule has 0 aliphatic carbocycles. The van der Waals surface area contributed by atoms with Crippen molar-refractivity contribution in [1.82, 2.24) is 4.90 Å². The number of nitro benzene ring substituents is 1. The lowest BCUT2D eigenvalue weighted by molar-refractivity contribution is -0.384. The molecule has 1 N–H and O–H groups in total. The maximum absolute atomic E-state index is 12.8. The Morgan fingerprint density at radius 2 is 1.91 bits per heavy atom. The number of carbonyl (C=O) groups excluding carboxylic acids is 1. The van der Waals surface area contributed by atoms with Crippen LogP contribution in [0.5, 0.6) is 11.5 Å². The number of amides is 1. The third-order valence-corrected chi connectivity index (χ3v) is 6.42. The standard InChI is InChI=1S/C23H23N3O5S/c1-30-19-12-15-9-10-25(14-22(27)24-16-5-7-17(8-6-16)26(28)29)23(21-4-3-11-32-21)18(15)13-20(19)31-2/h3-8,11-13,23H,9-10,14H2,1-2H3,(H,24,27). The molecule has 0 saturated heterocycles. The molecule has 0 radical (unpaired) electrons. The number of nitrogens with one attached hydrogen (secondary N) is 1. The molecule has 2 heterocycles. The van der Waals surface area contributed by atoms with Gasteiger partial charge in [0.25, 0.3) is 5.69 Å². The highest BCUT2D eigenvalue weighted by Crippen LogP contribution is 2.42. The Labute approximate surface area is 189 Å². The van der Waals surface area contributed by atoms with Crippen molar-refractivity contribution in [3.8, 4) is 11.5 Å². The van der Waals surface area contributed by atoms with Crippen LogP contribution in [0.1, 0.15) is 22.0 Å². The molecule has 9 heteroatoms. The molecule has 0 saturated carbocycles. The number of carbonyl (C=O) groups is 1. The third-order valence-electron chi connectivity index (χ3n) is 5.49. The fourth-order valence-corrected chi connectivity index (χ4v) is 4.88. The van der Waals surface area contributed by atoms with E-state index in [1.165, 1.54) is 29.8 Å². The van der Waals surface area contributed by atoms with Crippen molar-refractivity contribution in [2.45, 2.75) is 12.5 Å².